The monoisotopic (exact) mass is 309 g/mol. The molecule has 0 spiro atoms. The molecule has 1 aliphatic rings. The number of rotatable bonds is 2. The molecule has 0 fully saturated rings. The number of hydrogen-bond donors (Lipinski definition) is 2. The summed E-state index contributed by atoms with van der Waals surface area (Å²) in [5.41, 5.74) is 6.58. The lowest BCUT2D eigenvalue weighted by Gasteiger charge is -2.28. The molecule has 21 heavy (non-hydrogen) atoms. The number of para-hydroxylation sites is 1. The van der Waals surface area contributed by atoms with Gasteiger partial charge in [0, 0.05) is 11.6 Å². The second-order valence-corrected chi connectivity index (χ2v) is 5.26. The standard InChI is InChI=1S/C14H13ClFN3O2/c15-11-2-1-3-12(16)13(11)21-10-5-8-4-9(17)7-19(20)14(8)18-6-10/h1-3,5-6,9,20H,4,7,17H2/t9-/m0/s1. The zero-order valence-corrected chi connectivity index (χ0v) is 11.7. The minimum atomic E-state index is -0.555. The van der Waals surface area contributed by atoms with Crippen LogP contribution in [0.25, 0.3) is 0 Å². The minimum absolute atomic E-state index is 0.0538. The largest absolute Gasteiger partial charge is 0.451 e. The van der Waals surface area contributed by atoms with Gasteiger partial charge in [0.15, 0.2) is 17.4 Å². The first kappa shape index (κ1) is 14.1. The van der Waals surface area contributed by atoms with Gasteiger partial charge in [0.05, 0.1) is 17.8 Å². The Labute approximate surface area is 125 Å². The molecule has 2 heterocycles. The van der Waals surface area contributed by atoms with Crippen LogP contribution in [0.15, 0.2) is 30.5 Å². The summed E-state index contributed by atoms with van der Waals surface area (Å²) in [6.45, 7) is 0.319. The molecular formula is C14H13ClFN3O2. The highest BCUT2D eigenvalue weighted by atomic mass is 35.5. The second kappa shape index (κ2) is 5.48. The highest BCUT2D eigenvalue weighted by Gasteiger charge is 2.23. The molecule has 7 heteroatoms. The van der Waals surface area contributed by atoms with Crippen LogP contribution in [0, 0.1) is 5.82 Å². The summed E-state index contributed by atoms with van der Waals surface area (Å²) in [6, 6.07) is 5.78. The Bertz CT molecular complexity index is 663. The number of benzene rings is 1. The molecule has 0 saturated carbocycles. The average Bonchev–Trinajstić information content (AvgIpc) is 2.42. The molecule has 0 amide bonds. The summed E-state index contributed by atoms with van der Waals surface area (Å²) in [5.74, 6) is 0.162. The topological polar surface area (TPSA) is 71.6 Å². The minimum Gasteiger partial charge on any atom is -0.451 e. The van der Waals surface area contributed by atoms with Crippen LogP contribution in [-0.4, -0.2) is 22.8 Å². The number of aromatic nitrogens is 1. The predicted molar refractivity (Wildman–Crippen MR) is 76.5 cm³/mol. The van der Waals surface area contributed by atoms with Crippen molar-refractivity contribution < 1.29 is 14.3 Å². The van der Waals surface area contributed by atoms with E-state index in [1.165, 1.54) is 24.4 Å². The van der Waals surface area contributed by atoms with Crippen LogP contribution in [-0.2, 0) is 6.42 Å². The predicted octanol–water partition coefficient (Wildman–Crippen LogP) is 2.75. The molecule has 110 valence electrons. The van der Waals surface area contributed by atoms with Crippen molar-refractivity contribution in [1.82, 2.24) is 4.98 Å². The van der Waals surface area contributed by atoms with Gasteiger partial charge >= 0.3 is 0 Å². The van der Waals surface area contributed by atoms with E-state index in [4.69, 9.17) is 22.1 Å². The van der Waals surface area contributed by atoms with Gasteiger partial charge < -0.3 is 10.5 Å². The first-order chi connectivity index (χ1) is 10.0. The Hall–Kier alpha value is -1.89. The Kier molecular flexibility index (Phi) is 3.67. The molecule has 1 aromatic heterocycles. The fraction of sp³-hybridized carbons (Fsp3) is 0.214. The Morgan fingerprint density at radius 1 is 1.48 bits per heavy atom. The van der Waals surface area contributed by atoms with Crippen molar-refractivity contribution in [2.45, 2.75) is 12.5 Å². The van der Waals surface area contributed by atoms with E-state index in [1.54, 1.807) is 6.07 Å². The smallest absolute Gasteiger partial charge is 0.181 e. The number of hydroxylamine groups is 1. The third-order valence-electron chi connectivity index (χ3n) is 3.19. The van der Waals surface area contributed by atoms with Gasteiger partial charge in [-0.3, -0.25) is 5.21 Å². The van der Waals surface area contributed by atoms with Gasteiger partial charge in [0.1, 0.15) is 5.75 Å². The van der Waals surface area contributed by atoms with Gasteiger partial charge in [-0.05, 0) is 24.6 Å². The van der Waals surface area contributed by atoms with Gasteiger partial charge in [-0.25, -0.2) is 14.4 Å². The Morgan fingerprint density at radius 2 is 2.29 bits per heavy atom. The van der Waals surface area contributed by atoms with E-state index >= 15 is 0 Å². The average molecular weight is 310 g/mol. The maximum Gasteiger partial charge on any atom is 0.181 e. The zero-order valence-electron chi connectivity index (χ0n) is 11.0. The maximum atomic E-state index is 13.7. The lowest BCUT2D eigenvalue weighted by molar-refractivity contribution is 0.234. The first-order valence-electron chi connectivity index (χ1n) is 6.37. The van der Waals surface area contributed by atoms with Gasteiger partial charge in [-0.1, -0.05) is 17.7 Å². The third-order valence-corrected chi connectivity index (χ3v) is 3.49. The number of nitrogens with two attached hydrogens (primary N) is 1. The van der Waals surface area contributed by atoms with E-state index in [1.807, 2.05) is 0 Å². The van der Waals surface area contributed by atoms with Gasteiger partial charge in [0.2, 0.25) is 0 Å². The summed E-state index contributed by atoms with van der Waals surface area (Å²) < 4.78 is 19.2. The van der Waals surface area contributed by atoms with Crippen molar-refractivity contribution in [1.29, 1.82) is 0 Å². The highest BCUT2D eigenvalue weighted by molar-refractivity contribution is 6.32. The van der Waals surface area contributed by atoms with Crippen molar-refractivity contribution >= 4 is 17.4 Å². The molecule has 0 unspecified atom stereocenters. The molecule has 0 aliphatic carbocycles. The maximum absolute atomic E-state index is 13.7. The number of nitrogens with zero attached hydrogens (tertiary/aromatic N) is 2. The van der Waals surface area contributed by atoms with E-state index in [-0.39, 0.29) is 16.8 Å². The zero-order chi connectivity index (χ0) is 15.0. The molecule has 5 nitrogen and oxygen atoms in total. The summed E-state index contributed by atoms with van der Waals surface area (Å²) in [5, 5.41) is 10.9. The SMILES string of the molecule is N[C@H]1Cc2cc(Oc3c(F)cccc3Cl)cnc2N(O)C1. The lowest BCUT2D eigenvalue weighted by atomic mass is 10.0. The lowest BCUT2D eigenvalue weighted by Crippen LogP contribution is -2.42. The molecule has 1 atom stereocenters. The highest BCUT2D eigenvalue weighted by Crippen LogP contribution is 2.34. The fourth-order valence-electron chi connectivity index (χ4n) is 2.27. The van der Waals surface area contributed by atoms with Gasteiger partial charge in [0.25, 0.3) is 0 Å². The van der Waals surface area contributed by atoms with Crippen molar-refractivity contribution in [2.75, 3.05) is 11.6 Å². The van der Waals surface area contributed by atoms with E-state index in [2.05, 4.69) is 4.98 Å². The van der Waals surface area contributed by atoms with Crippen molar-refractivity contribution in [3.05, 3.63) is 46.9 Å². The molecular weight excluding hydrogens is 297 g/mol. The van der Waals surface area contributed by atoms with Crippen LogP contribution < -0.4 is 15.5 Å². The molecule has 2 aromatic rings. The quantitative estimate of drug-likeness (QED) is 0.892. The summed E-state index contributed by atoms with van der Waals surface area (Å²) in [4.78, 5) is 4.12. The van der Waals surface area contributed by atoms with Crippen molar-refractivity contribution in [3.8, 4) is 11.5 Å². The summed E-state index contributed by atoms with van der Waals surface area (Å²) >= 11 is 5.92. The van der Waals surface area contributed by atoms with E-state index in [9.17, 15) is 9.60 Å². The number of pyridine rings is 1. The molecule has 0 saturated heterocycles. The third kappa shape index (κ3) is 2.78. The number of anilines is 1. The van der Waals surface area contributed by atoms with Crippen LogP contribution in [0.3, 0.4) is 0 Å². The van der Waals surface area contributed by atoms with Crippen LogP contribution in [0.2, 0.25) is 5.02 Å². The first-order valence-corrected chi connectivity index (χ1v) is 6.75. The molecule has 0 bridgehead atoms. The molecule has 3 rings (SSSR count). The van der Waals surface area contributed by atoms with E-state index in [0.717, 1.165) is 10.6 Å². The summed E-state index contributed by atoms with van der Waals surface area (Å²) in [7, 11) is 0. The Balaban J connectivity index is 1.93. The van der Waals surface area contributed by atoms with Crippen molar-refractivity contribution in [2.24, 2.45) is 5.73 Å². The van der Waals surface area contributed by atoms with E-state index < -0.39 is 5.82 Å². The van der Waals surface area contributed by atoms with Crippen LogP contribution in [0.1, 0.15) is 5.56 Å². The molecule has 1 aliphatic heterocycles. The number of halogens is 2. The number of ether oxygens (including phenoxy) is 1. The molecule has 0 radical (unpaired) electrons. The van der Waals surface area contributed by atoms with Gasteiger partial charge in [-0.2, -0.15) is 0 Å². The molecule has 3 N–H and O–H groups in total. The number of fused-ring (bicyclic) bond motifs is 1. The van der Waals surface area contributed by atoms with Crippen LogP contribution in [0.5, 0.6) is 11.5 Å². The van der Waals surface area contributed by atoms with Crippen molar-refractivity contribution in [3.63, 3.8) is 0 Å². The van der Waals surface area contributed by atoms with E-state index in [0.29, 0.717) is 24.5 Å². The Morgan fingerprint density at radius 3 is 3.05 bits per heavy atom. The van der Waals surface area contributed by atoms with Crippen LogP contribution >= 0.6 is 11.6 Å². The van der Waals surface area contributed by atoms with Crippen LogP contribution in [0.4, 0.5) is 10.2 Å². The number of hydrogen-bond acceptors (Lipinski definition) is 5. The molecule has 1 aromatic carbocycles. The second-order valence-electron chi connectivity index (χ2n) is 4.85. The summed E-state index contributed by atoms with van der Waals surface area (Å²) in [6.07, 6.45) is 1.96. The fourth-order valence-corrected chi connectivity index (χ4v) is 2.47. The normalized spacial score (nSPS) is 17.5. The van der Waals surface area contributed by atoms with Gasteiger partial charge in [-0.15, -0.1) is 0 Å².